The molecule has 0 unspecified atom stereocenters. The highest BCUT2D eigenvalue weighted by Crippen LogP contribution is 2.24. The molecule has 0 bridgehead atoms. The number of anilines is 2. The van der Waals surface area contributed by atoms with E-state index in [2.05, 4.69) is 10.6 Å². The average Bonchev–Trinajstić information content (AvgIpc) is 2.83. The number of carbonyl (C=O) groups is 3. The molecule has 7 heteroatoms. The van der Waals surface area contributed by atoms with Crippen molar-refractivity contribution in [1.29, 1.82) is 0 Å². The van der Waals surface area contributed by atoms with Crippen LogP contribution < -0.4 is 10.6 Å². The molecule has 4 rings (SSSR count). The van der Waals surface area contributed by atoms with Gasteiger partial charge in [-0.15, -0.1) is 11.8 Å². The molecule has 0 saturated carbocycles. The second kappa shape index (κ2) is 10.0. The van der Waals surface area contributed by atoms with E-state index in [1.54, 1.807) is 30.3 Å². The van der Waals surface area contributed by atoms with Crippen molar-refractivity contribution in [2.24, 2.45) is 0 Å². The van der Waals surface area contributed by atoms with Crippen molar-refractivity contribution in [2.75, 3.05) is 16.4 Å². The predicted molar refractivity (Wildman–Crippen MR) is 131 cm³/mol. The normalized spacial score (nSPS) is 10.5. The van der Waals surface area contributed by atoms with Crippen LogP contribution in [0.15, 0.2) is 95.9 Å². The zero-order valence-electron chi connectivity index (χ0n) is 17.4. The highest BCUT2D eigenvalue weighted by molar-refractivity contribution is 8.00. The van der Waals surface area contributed by atoms with Crippen molar-refractivity contribution >= 4 is 51.7 Å². The van der Waals surface area contributed by atoms with Crippen molar-refractivity contribution in [1.82, 2.24) is 0 Å². The van der Waals surface area contributed by atoms with Crippen molar-refractivity contribution in [3.05, 3.63) is 102 Å². The van der Waals surface area contributed by atoms with E-state index in [-0.39, 0.29) is 22.8 Å². The van der Waals surface area contributed by atoms with Gasteiger partial charge in [-0.25, -0.2) is 4.79 Å². The number of hydrogen-bond donors (Lipinski definition) is 3. The van der Waals surface area contributed by atoms with Crippen LogP contribution >= 0.6 is 11.8 Å². The summed E-state index contributed by atoms with van der Waals surface area (Å²) in [5.74, 6) is -1.61. The monoisotopic (exact) mass is 456 g/mol. The number of rotatable bonds is 7. The molecule has 33 heavy (non-hydrogen) atoms. The summed E-state index contributed by atoms with van der Waals surface area (Å²) in [4.78, 5) is 37.1. The maximum Gasteiger partial charge on any atom is 0.336 e. The Balaban J connectivity index is 1.37. The Bertz CT molecular complexity index is 1350. The summed E-state index contributed by atoms with van der Waals surface area (Å²) in [5, 5.41) is 17.1. The Kier molecular flexibility index (Phi) is 6.71. The second-order valence-electron chi connectivity index (χ2n) is 7.23. The van der Waals surface area contributed by atoms with E-state index >= 15 is 0 Å². The smallest absolute Gasteiger partial charge is 0.336 e. The lowest BCUT2D eigenvalue weighted by molar-refractivity contribution is -0.113. The SMILES string of the molecule is O=C(CSc1cccc(NC(=O)c2ccccc2C(=O)O)c1)Nc1ccc2ccccc2c1. The van der Waals surface area contributed by atoms with Crippen molar-refractivity contribution in [3.63, 3.8) is 0 Å². The van der Waals surface area contributed by atoms with Crippen LogP contribution in [0.1, 0.15) is 20.7 Å². The van der Waals surface area contributed by atoms with Crippen LogP contribution in [-0.4, -0.2) is 28.6 Å². The Morgan fingerprint density at radius 2 is 1.39 bits per heavy atom. The lowest BCUT2D eigenvalue weighted by atomic mass is 10.1. The van der Waals surface area contributed by atoms with E-state index < -0.39 is 11.9 Å². The minimum Gasteiger partial charge on any atom is -0.478 e. The van der Waals surface area contributed by atoms with Gasteiger partial charge in [-0.3, -0.25) is 9.59 Å². The van der Waals surface area contributed by atoms with E-state index in [9.17, 15) is 19.5 Å². The number of aromatic carboxylic acids is 1. The summed E-state index contributed by atoms with van der Waals surface area (Å²) in [5.41, 5.74) is 1.27. The first-order valence-corrected chi connectivity index (χ1v) is 11.1. The minimum absolute atomic E-state index is 0.0640. The summed E-state index contributed by atoms with van der Waals surface area (Å²) >= 11 is 1.34. The van der Waals surface area contributed by atoms with E-state index in [0.29, 0.717) is 5.69 Å². The fraction of sp³-hybridized carbons (Fsp3) is 0.0385. The molecule has 164 valence electrons. The van der Waals surface area contributed by atoms with Crippen LogP contribution in [0.25, 0.3) is 10.8 Å². The largest absolute Gasteiger partial charge is 0.478 e. The topological polar surface area (TPSA) is 95.5 Å². The lowest BCUT2D eigenvalue weighted by Crippen LogP contribution is -2.16. The van der Waals surface area contributed by atoms with Gasteiger partial charge in [0.25, 0.3) is 5.91 Å². The molecular weight excluding hydrogens is 436 g/mol. The minimum atomic E-state index is -1.16. The van der Waals surface area contributed by atoms with Gasteiger partial charge in [0.1, 0.15) is 0 Å². The Hall–Kier alpha value is -4.10. The van der Waals surface area contributed by atoms with Gasteiger partial charge in [-0.1, -0.05) is 48.5 Å². The van der Waals surface area contributed by atoms with E-state index in [4.69, 9.17) is 0 Å². The van der Waals surface area contributed by atoms with Gasteiger partial charge in [0, 0.05) is 16.3 Å². The molecule has 0 aliphatic rings. The number of carboxylic acid groups (broad SMARTS) is 1. The van der Waals surface area contributed by atoms with Crippen LogP contribution in [0.5, 0.6) is 0 Å². The summed E-state index contributed by atoms with van der Waals surface area (Å²) in [7, 11) is 0. The molecule has 2 amide bonds. The van der Waals surface area contributed by atoms with Gasteiger partial charge in [0.2, 0.25) is 5.91 Å². The number of thioether (sulfide) groups is 1. The summed E-state index contributed by atoms with van der Waals surface area (Å²) in [6.07, 6.45) is 0. The highest BCUT2D eigenvalue weighted by atomic mass is 32.2. The standard InChI is InChI=1S/C26H20N2O4S/c29-24(27-20-13-12-17-6-1-2-7-18(17)14-20)16-33-21-9-5-8-19(15-21)28-25(30)22-10-3-4-11-23(22)26(31)32/h1-15H,16H2,(H,27,29)(H,28,30)(H,31,32). The molecule has 6 nitrogen and oxygen atoms in total. The molecule has 0 heterocycles. The van der Waals surface area contributed by atoms with Crippen molar-refractivity contribution in [3.8, 4) is 0 Å². The lowest BCUT2D eigenvalue weighted by Gasteiger charge is -2.10. The quantitative estimate of drug-likeness (QED) is 0.318. The van der Waals surface area contributed by atoms with Gasteiger partial charge < -0.3 is 15.7 Å². The summed E-state index contributed by atoms with van der Waals surface area (Å²) in [6.45, 7) is 0. The molecule has 0 radical (unpaired) electrons. The Morgan fingerprint density at radius 1 is 0.697 bits per heavy atom. The van der Waals surface area contributed by atoms with Crippen LogP contribution in [-0.2, 0) is 4.79 Å². The third kappa shape index (κ3) is 5.58. The Morgan fingerprint density at radius 3 is 2.18 bits per heavy atom. The Labute approximate surface area is 194 Å². The fourth-order valence-corrected chi connectivity index (χ4v) is 4.10. The number of hydrogen-bond acceptors (Lipinski definition) is 4. The highest BCUT2D eigenvalue weighted by Gasteiger charge is 2.16. The van der Waals surface area contributed by atoms with E-state index in [0.717, 1.165) is 21.4 Å². The molecule has 3 N–H and O–H groups in total. The molecule has 0 aliphatic heterocycles. The number of amides is 2. The van der Waals surface area contributed by atoms with Gasteiger partial charge in [-0.05, 0) is 53.2 Å². The number of carbonyl (C=O) groups excluding carboxylic acids is 2. The summed E-state index contributed by atoms with van der Waals surface area (Å²) in [6, 6.07) is 26.8. The molecule has 0 aromatic heterocycles. The zero-order chi connectivity index (χ0) is 23.2. The number of benzene rings is 4. The molecule has 0 fully saturated rings. The van der Waals surface area contributed by atoms with Gasteiger partial charge in [0.15, 0.2) is 0 Å². The molecule has 0 aliphatic carbocycles. The van der Waals surface area contributed by atoms with E-state index in [1.807, 2.05) is 48.5 Å². The molecular formula is C26H20N2O4S. The molecule has 0 saturated heterocycles. The van der Waals surface area contributed by atoms with Crippen molar-refractivity contribution < 1.29 is 19.5 Å². The van der Waals surface area contributed by atoms with Crippen LogP contribution in [0.3, 0.4) is 0 Å². The molecule has 0 atom stereocenters. The van der Waals surface area contributed by atoms with Crippen molar-refractivity contribution in [2.45, 2.75) is 4.90 Å². The second-order valence-corrected chi connectivity index (χ2v) is 8.28. The average molecular weight is 457 g/mol. The molecule has 0 spiro atoms. The third-order valence-electron chi connectivity index (χ3n) is 4.90. The molecule has 4 aromatic carbocycles. The fourth-order valence-electron chi connectivity index (χ4n) is 3.34. The third-order valence-corrected chi connectivity index (χ3v) is 5.89. The molecule has 4 aromatic rings. The number of nitrogens with one attached hydrogen (secondary N) is 2. The van der Waals surface area contributed by atoms with Crippen LogP contribution in [0.2, 0.25) is 0 Å². The van der Waals surface area contributed by atoms with E-state index in [1.165, 1.54) is 23.9 Å². The zero-order valence-corrected chi connectivity index (χ0v) is 18.3. The van der Waals surface area contributed by atoms with Crippen LogP contribution in [0, 0.1) is 0 Å². The maximum atomic E-state index is 12.6. The first-order chi connectivity index (χ1) is 16.0. The van der Waals surface area contributed by atoms with Gasteiger partial charge in [0.05, 0.1) is 16.9 Å². The first kappa shape index (κ1) is 22.1. The summed E-state index contributed by atoms with van der Waals surface area (Å²) < 4.78 is 0. The maximum absolute atomic E-state index is 12.6. The number of carboxylic acids is 1. The predicted octanol–water partition coefficient (Wildman–Crippen LogP) is 5.52. The van der Waals surface area contributed by atoms with Crippen LogP contribution in [0.4, 0.5) is 11.4 Å². The number of fused-ring (bicyclic) bond motifs is 1. The van der Waals surface area contributed by atoms with Gasteiger partial charge in [-0.2, -0.15) is 0 Å². The van der Waals surface area contributed by atoms with Gasteiger partial charge >= 0.3 is 5.97 Å². The first-order valence-electron chi connectivity index (χ1n) is 10.1.